The van der Waals surface area contributed by atoms with Gasteiger partial charge in [0.15, 0.2) is 5.82 Å². The molecule has 0 unspecified atom stereocenters. The molecular weight excluding hydrogens is 530 g/mol. The molecule has 3 heterocycles. The average molecular weight is 550 g/mol. The lowest BCUT2D eigenvalue weighted by atomic mass is 9.85. The van der Waals surface area contributed by atoms with Crippen LogP contribution in [0.15, 0.2) is 46.6 Å². The summed E-state index contributed by atoms with van der Waals surface area (Å²) < 4.78 is 56.4. The Kier molecular flexibility index (Phi) is 6.86. The van der Waals surface area contributed by atoms with Gasteiger partial charge in [0.25, 0.3) is 11.1 Å². The predicted octanol–water partition coefficient (Wildman–Crippen LogP) is 4.42. The molecule has 0 saturated heterocycles. The molecule has 9 nitrogen and oxygen atoms in total. The third-order valence-corrected chi connectivity index (χ3v) is 6.71. The lowest BCUT2D eigenvalue weighted by Crippen LogP contribution is -2.34. The van der Waals surface area contributed by atoms with Crippen LogP contribution in [0.3, 0.4) is 0 Å². The molecule has 0 bridgehead atoms. The summed E-state index contributed by atoms with van der Waals surface area (Å²) in [5.74, 6) is -0.649. The molecule has 38 heavy (non-hydrogen) atoms. The highest BCUT2D eigenvalue weighted by Crippen LogP contribution is 2.34. The fraction of sp³-hybridized carbons (Fsp3) is 0.333. The predicted molar refractivity (Wildman–Crippen MR) is 131 cm³/mol. The topological polar surface area (TPSA) is 118 Å². The van der Waals surface area contributed by atoms with Crippen LogP contribution in [0.2, 0.25) is 5.02 Å². The molecule has 0 aliphatic heterocycles. The van der Waals surface area contributed by atoms with E-state index in [9.17, 15) is 27.2 Å². The van der Waals surface area contributed by atoms with Gasteiger partial charge in [-0.15, -0.1) is 0 Å². The first-order valence-corrected chi connectivity index (χ1v) is 12.1. The van der Waals surface area contributed by atoms with Gasteiger partial charge in [-0.25, -0.2) is 24.4 Å². The summed E-state index contributed by atoms with van der Waals surface area (Å²) in [5, 5.41) is 8.50. The van der Waals surface area contributed by atoms with E-state index in [2.05, 4.69) is 25.4 Å². The third-order valence-electron chi connectivity index (χ3n) is 6.51. The average Bonchev–Trinajstić information content (AvgIpc) is 2.86. The summed E-state index contributed by atoms with van der Waals surface area (Å²) in [4.78, 5) is 37.2. The van der Waals surface area contributed by atoms with Gasteiger partial charge in [0.05, 0.1) is 39.7 Å². The third kappa shape index (κ3) is 5.23. The summed E-state index contributed by atoms with van der Waals surface area (Å²) in [6, 6.07) is 2.13. The van der Waals surface area contributed by atoms with Crippen molar-refractivity contribution in [1.82, 2.24) is 29.7 Å². The summed E-state index contributed by atoms with van der Waals surface area (Å²) >= 11 is 5.79. The van der Waals surface area contributed by atoms with Gasteiger partial charge in [-0.3, -0.25) is 14.2 Å². The fourth-order valence-electron chi connectivity index (χ4n) is 4.81. The summed E-state index contributed by atoms with van der Waals surface area (Å²) in [6.07, 6.45) is 2.63. The molecule has 5 rings (SSSR count). The van der Waals surface area contributed by atoms with Crippen molar-refractivity contribution in [1.29, 1.82) is 0 Å². The number of aromatic amines is 1. The summed E-state index contributed by atoms with van der Waals surface area (Å²) in [7, 11) is 0. The number of hydrogen-bond acceptors (Lipinski definition) is 7. The molecule has 3 aromatic heterocycles. The fourth-order valence-corrected chi connectivity index (χ4v) is 4.90. The highest BCUT2D eigenvalue weighted by atomic mass is 35.5. The van der Waals surface area contributed by atoms with E-state index in [1.165, 1.54) is 29.4 Å². The molecule has 1 aliphatic carbocycles. The van der Waals surface area contributed by atoms with E-state index in [1.807, 2.05) is 5.10 Å². The quantitative estimate of drug-likeness (QED) is 0.354. The van der Waals surface area contributed by atoms with Crippen molar-refractivity contribution in [3.05, 3.63) is 74.2 Å². The van der Waals surface area contributed by atoms with E-state index >= 15 is 0 Å². The van der Waals surface area contributed by atoms with Crippen LogP contribution in [0.5, 0.6) is 0 Å². The Morgan fingerprint density at radius 1 is 1.11 bits per heavy atom. The van der Waals surface area contributed by atoms with Crippen LogP contribution >= 0.6 is 11.6 Å². The molecule has 2 N–H and O–H groups in total. The zero-order valence-electron chi connectivity index (χ0n) is 19.6. The number of H-pyrrole nitrogens is 1. The first-order chi connectivity index (χ1) is 18.1. The molecular formula is C24H20ClF4N7O2. The first-order valence-electron chi connectivity index (χ1n) is 11.7. The number of fused-ring (bicyclic) bond motifs is 1. The number of benzene rings is 1. The number of rotatable bonds is 5. The van der Waals surface area contributed by atoms with E-state index in [0.717, 1.165) is 18.7 Å². The number of hydrogen-bond donors (Lipinski definition) is 2. The van der Waals surface area contributed by atoms with Gasteiger partial charge >= 0.3 is 6.18 Å². The van der Waals surface area contributed by atoms with Crippen LogP contribution in [-0.2, 0) is 12.7 Å². The SMILES string of the molecule is O=c1[nH]ncc(N[C@H]2CCC[C@@H](Cn3cnc4cc(-c5ncc(Cl)cn5)c(F)cc4c3=O)C2)c1C(F)(F)F. The number of alkyl halides is 3. The second-order valence-corrected chi connectivity index (χ2v) is 9.57. The maximum absolute atomic E-state index is 14.9. The minimum absolute atomic E-state index is 0.0610. The zero-order chi connectivity index (χ0) is 27.0. The minimum atomic E-state index is -4.84. The van der Waals surface area contributed by atoms with E-state index in [4.69, 9.17) is 11.6 Å². The Balaban J connectivity index is 1.36. The molecule has 1 saturated carbocycles. The second kappa shape index (κ2) is 10.1. The Bertz CT molecular complexity index is 1610. The van der Waals surface area contributed by atoms with Crippen LogP contribution in [0.25, 0.3) is 22.3 Å². The Morgan fingerprint density at radius 3 is 2.61 bits per heavy atom. The molecule has 4 aromatic rings. The first kappa shape index (κ1) is 25.8. The number of anilines is 1. The van der Waals surface area contributed by atoms with Crippen LogP contribution in [0.1, 0.15) is 31.2 Å². The molecule has 2 atom stereocenters. The zero-order valence-corrected chi connectivity index (χ0v) is 20.4. The van der Waals surface area contributed by atoms with Gasteiger partial charge in [0.2, 0.25) is 0 Å². The Labute approximate surface area is 216 Å². The van der Waals surface area contributed by atoms with Crippen LogP contribution < -0.4 is 16.4 Å². The maximum Gasteiger partial charge on any atom is 0.423 e. The van der Waals surface area contributed by atoms with Gasteiger partial charge in [0, 0.05) is 25.0 Å². The molecule has 198 valence electrons. The largest absolute Gasteiger partial charge is 0.423 e. The maximum atomic E-state index is 14.9. The lowest BCUT2D eigenvalue weighted by molar-refractivity contribution is -0.138. The van der Waals surface area contributed by atoms with Crippen molar-refractivity contribution in [3.8, 4) is 11.4 Å². The van der Waals surface area contributed by atoms with Gasteiger partial charge in [-0.05, 0) is 37.3 Å². The van der Waals surface area contributed by atoms with E-state index in [0.29, 0.717) is 24.3 Å². The Hall–Kier alpha value is -3.87. The summed E-state index contributed by atoms with van der Waals surface area (Å²) in [5.41, 5.74) is -3.12. The van der Waals surface area contributed by atoms with Crippen LogP contribution in [-0.4, -0.2) is 35.8 Å². The van der Waals surface area contributed by atoms with Gasteiger partial charge in [-0.2, -0.15) is 18.3 Å². The molecule has 1 fully saturated rings. The van der Waals surface area contributed by atoms with Crippen molar-refractivity contribution in [2.75, 3.05) is 5.32 Å². The van der Waals surface area contributed by atoms with Gasteiger partial charge in [-0.1, -0.05) is 18.0 Å². The van der Waals surface area contributed by atoms with E-state index < -0.39 is 28.7 Å². The number of aromatic nitrogens is 6. The molecule has 1 aliphatic rings. The summed E-state index contributed by atoms with van der Waals surface area (Å²) in [6.45, 7) is 0.253. The molecule has 1 aromatic carbocycles. The molecule has 14 heteroatoms. The molecule has 0 radical (unpaired) electrons. The van der Waals surface area contributed by atoms with Gasteiger partial charge in [0.1, 0.15) is 11.4 Å². The second-order valence-electron chi connectivity index (χ2n) is 9.14. The smallest absolute Gasteiger partial charge is 0.380 e. The number of nitrogens with one attached hydrogen (secondary N) is 2. The van der Waals surface area contributed by atoms with Crippen molar-refractivity contribution < 1.29 is 17.6 Å². The number of nitrogens with zero attached hydrogens (tertiary/aromatic N) is 5. The molecule has 0 amide bonds. The van der Waals surface area contributed by atoms with Crippen molar-refractivity contribution in [2.24, 2.45) is 5.92 Å². The molecule has 0 spiro atoms. The van der Waals surface area contributed by atoms with Gasteiger partial charge < -0.3 is 5.32 Å². The van der Waals surface area contributed by atoms with Crippen molar-refractivity contribution >= 4 is 28.2 Å². The Morgan fingerprint density at radius 2 is 1.87 bits per heavy atom. The lowest BCUT2D eigenvalue weighted by Gasteiger charge is -2.31. The monoisotopic (exact) mass is 549 g/mol. The normalized spacial score (nSPS) is 18.0. The van der Waals surface area contributed by atoms with Crippen LogP contribution in [0.4, 0.5) is 23.2 Å². The highest BCUT2D eigenvalue weighted by Gasteiger charge is 2.38. The van der Waals surface area contributed by atoms with E-state index in [1.54, 1.807) is 0 Å². The minimum Gasteiger partial charge on any atom is -0.380 e. The van der Waals surface area contributed by atoms with Crippen LogP contribution in [0, 0.1) is 11.7 Å². The standard InChI is InChI=1S/C24H20ClF4N7O2/c25-13-7-30-21(31-8-13)15-6-18-16(5-17(15)26)23(38)36(11-32-18)10-12-2-1-3-14(4-12)34-19-9-33-35-22(37)20(19)24(27,28)29/h5-9,11-12,14H,1-4,10H2,(H2,34,35,37)/t12-,14+/m1/s1. The van der Waals surface area contributed by atoms with Crippen molar-refractivity contribution in [2.45, 2.75) is 44.4 Å². The highest BCUT2D eigenvalue weighted by molar-refractivity contribution is 6.30. The van der Waals surface area contributed by atoms with Crippen molar-refractivity contribution in [3.63, 3.8) is 0 Å². The van der Waals surface area contributed by atoms with E-state index in [-0.39, 0.29) is 46.5 Å². The number of halogens is 5.